The first-order chi connectivity index (χ1) is 10.6. The summed E-state index contributed by atoms with van der Waals surface area (Å²) in [5.41, 5.74) is 1.07. The molecule has 2 aromatic carbocycles. The van der Waals surface area contributed by atoms with Gasteiger partial charge in [0.25, 0.3) is 0 Å². The molecule has 6 heteroatoms. The summed E-state index contributed by atoms with van der Waals surface area (Å²) in [6, 6.07) is 12.8. The topological polar surface area (TPSA) is 99.3 Å². The van der Waals surface area contributed by atoms with Gasteiger partial charge in [0.15, 0.2) is 0 Å². The molecule has 0 radical (unpaired) electrons. The van der Waals surface area contributed by atoms with E-state index in [-0.39, 0.29) is 11.1 Å². The van der Waals surface area contributed by atoms with Crippen LogP contribution in [-0.4, -0.2) is 34.6 Å². The first-order valence-electron chi connectivity index (χ1n) is 6.30. The van der Waals surface area contributed by atoms with Crippen LogP contribution in [0.1, 0.15) is 31.8 Å². The minimum Gasteiger partial charge on any atom is -0.478 e. The lowest BCUT2D eigenvalue weighted by Crippen LogP contribution is -2.01. The predicted octanol–water partition coefficient (Wildman–Crippen LogP) is 2.54. The summed E-state index contributed by atoms with van der Waals surface area (Å²) in [5, 5.41) is 25.6. The number of carboxylic acid groups (broad SMARTS) is 2. The van der Waals surface area contributed by atoms with Crippen LogP contribution >= 0.6 is 0 Å². The molecule has 0 amide bonds. The molecule has 0 atom stereocenters. The van der Waals surface area contributed by atoms with E-state index in [0.29, 0.717) is 11.1 Å². The molecule has 0 unspecified atom stereocenters. The molecule has 2 aromatic rings. The van der Waals surface area contributed by atoms with Crippen molar-refractivity contribution in [3.05, 3.63) is 70.8 Å². The van der Waals surface area contributed by atoms with E-state index in [1.54, 1.807) is 36.4 Å². The van der Waals surface area contributed by atoms with Crippen LogP contribution < -0.4 is 0 Å². The molecule has 2 rings (SSSR count). The Labute approximate surface area is 126 Å². The minimum atomic E-state index is -1.05. The zero-order valence-corrected chi connectivity index (χ0v) is 11.4. The number of benzene rings is 2. The zero-order chi connectivity index (χ0) is 15.9. The van der Waals surface area contributed by atoms with Crippen molar-refractivity contribution in [1.29, 1.82) is 0 Å². The second kappa shape index (κ2) is 6.94. The smallest absolute Gasteiger partial charge is 0.336 e. The number of hydrogen-bond donors (Lipinski definition) is 2. The van der Waals surface area contributed by atoms with Crippen molar-refractivity contribution in [2.45, 2.75) is 0 Å². The Kier molecular flexibility index (Phi) is 4.77. The van der Waals surface area contributed by atoms with E-state index in [1.807, 2.05) is 0 Å². The van der Waals surface area contributed by atoms with E-state index in [1.165, 1.54) is 24.6 Å². The molecule has 6 nitrogen and oxygen atoms in total. The molecule has 0 fully saturated rings. The summed E-state index contributed by atoms with van der Waals surface area (Å²) in [6.45, 7) is 0. The number of aromatic carboxylic acids is 2. The van der Waals surface area contributed by atoms with E-state index in [9.17, 15) is 9.59 Å². The third-order valence-corrected chi connectivity index (χ3v) is 2.84. The van der Waals surface area contributed by atoms with Gasteiger partial charge in [-0.25, -0.2) is 9.59 Å². The molecule has 0 aliphatic heterocycles. The Morgan fingerprint density at radius 2 is 1.09 bits per heavy atom. The molecule has 0 saturated heterocycles. The molecular formula is C16H12N2O4. The van der Waals surface area contributed by atoms with E-state index in [0.717, 1.165) is 0 Å². The van der Waals surface area contributed by atoms with Crippen LogP contribution in [0, 0.1) is 0 Å². The highest BCUT2D eigenvalue weighted by atomic mass is 16.4. The van der Waals surface area contributed by atoms with Crippen LogP contribution in [0.5, 0.6) is 0 Å². The molecule has 0 aliphatic carbocycles. The average Bonchev–Trinajstić information content (AvgIpc) is 2.52. The average molecular weight is 296 g/mol. The van der Waals surface area contributed by atoms with E-state index in [2.05, 4.69) is 10.2 Å². The maximum Gasteiger partial charge on any atom is 0.336 e. The highest BCUT2D eigenvalue weighted by molar-refractivity contribution is 5.99. The highest BCUT2D eigenvalue weighted by Gasteiger charge is 2.07. The molecule has 0 aliphatic rings. The summed E-state index contributed by atoms with van der Waals surface area (Å²) >= 11 is 0. The molecule has 110 valence electrons. The van der Waals surface area contributed by atoms with E-state index >= 15 is 0 Å². The van der Waals surface area contributed by atoms with Crippen molar-refractivity contribution in [1.82, 2.24) is 0 Å². The standard InChI is InChI=1S/C16H12N2O4/c19-15(20)13-7-3-1-5-11(13)9-17-18-10-12-6-2-4-8-14(12)16(21)22/h1-10H,(H,19,20)(H,21,22)/b17-9-,18-10-. The molecule has 0 spiro atoms. The lowest BCUT2D eigenvalue weighted by Gasteiger charge is -1.99. The van der Waals surface area contributed by atoms with Crippen molar-refractivity contribution < 1.29 is 19.8 Å². The number of carbonyl (C=O) groups is 2. The second-order valence-corrected chi connectivity index (χ2v) is 4.27. The molecule has 0 heterocycles. The third-order valence-electron chi connectivity index (χ3n) is 2.84. The first kappa shape index (κ1) is 15.1. The van der Waals surface area contributed by atoms with Crippen LogP contribution in [0.2, 0.25) is 0 Å². The van der Waals surface area contributed by atoms with Crippen LogP contribution in [0.25, 0.3) is 0 Å². The van der Waals surface area contributed by atoms with Crippen LogP contribution in [0.3, 0.4) is 0 Å². The Morgan fingerprint density at radius 3 is 1.45 bits per heavy atom. The Balaban J connectivity index is 2.20. The van der Waals surface area contributed by atoms with Gasteiger partial charge in [-0.15, -0.1) is 0 Å². The number of nitrogens with zero attached hydrogens (tertiary/aromatic N) is 2. The number of carboxylic acids is 2. The van der Waals surface area contributed by atoms with Gasteiger partial charge in [-0.05, 0) is 12.1 Å². The summed E-state index contributed by atoms with van der Waals surface area (Å²) < 4.78 is 0. The monoisotopic (exact) mass is 296 g/mol. The SMILES string of the molecule is O=C(O)c1ccccc1/C=N\N=C/c1ccccc1C(=O)O. The number of hydrogen-bond acceptors (Lipinski definition) is 4. The normalized spacial score (nSPS) is 11.1. The summed E-state index contributed by atoms with van der Waals surface area (Å²) in [7, 11) is 0. The van der Waals surface area contributed by atoms with Crippen molar-refractivity contribution in [3.8, 4) is 0 Å². The zero-order valence-electron chi connectivity index (χ0n) is 11.4. The summed E-state index contributed by atoms with van der Waals surface area (Å²) in [4.78, 5) is 22.1. The molecule has 0 aromatic heterocycles. The molecular weight excluding hydrogens is 284 g/mol. The molecule has 2 N–H and O–H groups in total. The van der Waals surface area contributed by atoms with Crippen LogP contribution in [-0.2, 0) is 0 Å². The fourth-order valence-electron chi connectivity index (χ4n) is 1.80. The largest absolute Gasteiger partial charge is 0.478 e. The van der Waals surface area contributed by atoms with Gasteiger partial charge in [-0.2, -0.15) is 10.2 Å². The lowest BCUT2D eigenvalue weighted by atomic mass is 10.1. The van der Waals surface area contributed by atoms with Crippen LogP contribution in [0.15, 0.2) is 58.7 Å². The second-order valence-electron chi connectivity index (χ2n) is 4.27. The Morgan fingerprint density at radius 1 is 0.727 bits per heavy atom. The van der Waals surface area contributed by atoms with Gasteiger partial charge in [-0.3, -0.25) is 0 Å². The van der Waals surface area contributed by atoms with Gasteiger partial charge in [0.1, 0.15) is 0 Å². The summed E-state index contributed by atoms with van der Waals surface area (Å²) in [6.07, 6.45) is 2.62. The van der Waals surface area contributed by atoms with Gasteiger partial charge in [0.2, 0.25) is 0 Å². The van der Waals surface area contributed by atoms with Crippen molar-refractivity contribution in [2.75, 3.05) is 0 Å². The predicted molar refractivity (Wildman–Crippen MR) is 82.0 cm³/mol. The lowest BCUT2D eigenvalue weighted by molar-refractivity contribution is 0.0686. The van der Waals surface area contributed by atoms with Gasteiger partial charge in [0.05, 0.1) is 23.6 Å². The fraction of sp³-hybridized carbons (Fsp3) is 0. The van der Waals surface area contributed by atoms with Crippen molar-refractivity contribution >= 4 is 24.4 Å². The van der Waals surface area contributed by atoms with Crippen molar-refractivity contribution in [2.24, 2.45) is 10.2 Å². The summed E-state index contributed by atoms with van der Waals surface area (Å²) in [5.74, 6) is -2.11. The van der Waals surface area contributed by atoms with E-state index in [4.69, 9.17) is 10.2 Å². The first-order valence-corrected chi connectivity index (χ1v) is 6.30. The molecule has 0 bridgehead atoms. The molecule has 0 saturated carbocycles. The van der Waals surface area contributed by atoms with Crippen LogP contribution in [0.4, 0.5) is 0 Å². The fourth-order valence-corrected chi connectivity index (χ4v) is 1.80. The van der Waals surface area contributed by atoms with Gasteiger partial charge in [-0.1, -0.05) is 36.4 Å². The van der Waals surface area contributed by atoms with Crippen molar-refractivity contribution in [3.63, 3.8) is 0 Å². The third kappa shape index (κ3) is 3.63. The maximum atomic E-state index is 11.0. The van der Waals surface area contributed by atoms with Gasteiger partial charge < -0.3 is 10.2 Å². The quantitative estimate of drug-likeness (QED) is 0.654. The van der Waals surface area contributed by atoms with E-state index < -0.39 is 11.9 Å². The highest BCUT2D eigenvalue weighted by Crippen LogP contribution is 2.07. The van der Waals surface area contributed by atoms with Gasteiger partial charge >= 0.3 is 11.9 Å². The minimum absolute atomic E-state index is 0.118. The molecule has 22 heavy (non-hydrogen) atoms. The Hall–Kier alpha value is -3.28. The Bertz CT molecular complexity index is 701. The number of rotatable bonds is 5. The van der Waals surface area contributed by atoms with Gasteiger partial charge in [0, 0.05) is 11.1 Å². The maximum absolute atomic E-state index is 11.0.